The van der Waals surface area contributed by atoms with E-state index in [2.05, 4.69) is 34.5 Å². The highest BCUT2D eigenvalue weighted by molar-refractivity contribution is 6.45. The van der Waals surface area contributed by atoms with Crippen molar-refractivity contribution < 1.29 is 14.4 Å². The summed E-state index contributed by atoms with van der Waals surface area (Å²) in [4.78, 5) is 21.5. The lowest BCUT2D eigenvalue weighted by atomic mass is 9.95. The molecule has 0 spiro atoms. The van der Waals surface area contributed by atoms with Gasteiger partial charge in [0.25, 0.3) is 5.91 Å². The summed E-state index contributed by atoms with van der Waals surface area (Å²) in [6.07, 6.45) is 1.77. The fourth-order valence-corrected chi connectivity index (χ4v) is 3.39. The summed E-state index contributed by atoms with van der Waals surface area (Å²) in [6, 6.07) is 19.3. The molecular weight excluding hydrogens is 414 g/mol. The van der Waals surface area contributed by atoms with Gasteiger partial charge in [0.2, 0.25) is 5.88 Å². The van der Waals surface area contributed by atoms with Gasteiger partial charge in [0.15, 0.2) is 5.71 Å². The van der Waals surface area contributed by atoms with Crippen molar-refractivity contribution in [3.8, 4) is 5.88 Å². The predicted octanol–water partition coefficient (Wildman–Crippen LogP) is 4.56. The maximum atomic E-state index is 12.2. The van der Waals surface area contributed by atoms with E-state index in [1.807, 2.05) is 42.5 Å². The van der Waals surface area contributed by atoms with Gasteiger partial charge in [-0.15, -0.1) is 0 Å². The highest BCUT2D eigenvalue weighted by Gasteiger charge is 2.18. The van der Waals surface area contributed by atoms with Gasteiger partial charge in [-0.1, -0.05) is 78.3 Å². The van der Waals surface area contributed by atoms with Crippen LogP contribution in [0, 0.1) is 0 Å². The van der Waals surface area contributed by atoms with Crippen molar-refractivity contribution in [1.29, 1.82) is 0 Å². The Balaban J connectivity index is 1.79. The van der Waals surface area contributed by atoms with Crippen molar-refractivity contribution >= 4 is 23.2 Å². The van der Waals surface area contributed by atoms with Gasteiger partial charge in [0.1, 0.15) is 18.7 Å². The number of benzene rings is 2. The average Bonchev–Trinajstić information content (AvgIpc) is 2.81. The quantitative estimate of drug-likeness (QED) is 0.414. The standard InChI is InChI=1S/C24H24ClN3O3/c1-16(17-9-5-4-6-10-17)19-13-21(25)24(27-14-19)31-15-18-11-7-8-12-20(18)22(28-30-3)23(29)26-2/h4-14,16H,15H2,1-3H3,(H,26,29)/b28-22+. The largest absolute Gasteiger partial charge is 0.472 e. The number of hydrogen-bond donors (Lipinski definition) is 1. The first-order chi connectivity index (χ1) is 15.0. The molecule has 0 bridgehead atoms. The third-order valence-corrected chi connectivity index (χ3v) is 5.16. The van der Waals surface area contributed by atoms with Crippen LogP contribution in [0.4, 0.5) is 0 Å². The van der Waals surface area contributed by atoms with Gasteiger partial charge in [0, 0.05) is 24.7 Å². The fraction of sp³-hybridized carbons (Fsp3) is 0.208. The number of ether oxygens (including phenoxy) is 1. The van der Waals surface area contributed by atoms with Crippen LogP contribution >= 0.6 is 11.6 Å². The summed E-state index contributed by atoms with van der Waals surface area (Å²) in [5.41, 5.74) is 3.70. The maximum absolute atomic E-state index is 12.2. The molecule has 0 aliphatic carbocycles. The summed E-state index contributed by atoms with van der Waals surface area (Å²) in [7, 11) is 2.93. The SMILES string of the molecule is CNC(=O)/C(=N/OC)c1ccccc1COc1ncc(C(C)c2ccccc2)cc1Cl. The van der Waals surface area contributed by atoms with Crippen LogP contribution in [0.2, 0.25) is 5.02 Å². The van der Waals surface area contributed by atoms with Crippen LogP contribution in [-0.4, -0.2) is 30.8 Å². The molecule has 0 saturated heterocycles. The number of nitrogens with zero attached hydrogens (tertiary/aromatic N) is 2. The molecule has 1 heterocycles. The molecule has 3 rings (SSSR count). The molecule has 6 nitrogen and oxygen atoms in total. The molecule has 160 valence electrons. The number of likely N-dealkylation sites (N-methyl/N-ethyl adjacent to an activating group) is 1. The van der Waals surface area contributed by atoms with Crippen molar-refractivity contribution in [2.75, 3.05) is 14.2 Å². The Morgan fingerprint density at radius 1 is 1.13 bits per heavy atom. The lowest BCUT2D eigenvalue weighted by Crippen LogP contribution is -2.29. The zero-order chi connectivity index (χ0) is 22.2. The molecule has 0 saturated carbocycles. The molecule has 1 atom stereocenters. The van der Waals surface area contributed by atoms with Gasteiger partial charge in [-0.2, -0.15) is 0 Å². The van der Waals surface area contributed by atoms with Crippen molar-refractivity contribution in [3.05, 3.63) is 94.1 Å². The van der Waals surface area contributed by atoms with E-state index in [0.717, 1.165) is 11.1 Å². The van der Waals surface area contributed by atoms with Crippen LogP contribution in [0.3, 0.4) is 0 Å². The minimum atomic E-state index is -0.357. The van der Waals surface area contributed by atoms with Crippen LogP contribution in [-0.2, 0) is 16.2 Å². The number of oxime groups is 1. The average molecular weight is 438 g/mol. The van der Waals surface area contributed by atoms with Gasteiger partial charge in [0.05, 0.1) is 0 Å². The first-order valence-electron chi connectivity index (χ1n) is 9.79. The summed E-state index contributed by atoms with van der Waals surface area (Å²) in [5.74, 6) is 0.122. The second-order valence-corrected chi connectivity index (χ2v) is 7.24. The number of aromatic nitrogens is 1. The van der Waals surface area contributed by atoms with E-state index < -0.39 is 0 Å². The van der Waals surface area contributed by atoms with Crippen molar-refractivity contribution in [2.24, 2.45) is 5.16 Å². The van der Waals surface area contributed by atoms with E-state index in [1.54, 1.807) is 12.3 Å². The highest BCUT2D eigenvalue weighted by atomic mass is 35.5. The van der Waals surface area contributed by atoms with Crippen LogP contribution < -0.4 is 10.1 Å². The lowest BCUT2D eigenvalue weighted by molar-refractivity contribution is -0.114. The number of halogens is 1. The van der Waals surface area contributed by atoms with Crippen LogP contribution in [0.5, 0.6) is 5.88 Å². The van der Waals surface area contributed by atoms with Crippen molar-refractivity contribution in [2.45, 2.75) is 19.4 Å². The Bertz CT molecular complexity index is 1070. The molecule has 1 N–H and O–H groups in total. The highest BCUT2D eigenvalue weighted by Crippen LogP contribution is 2.30. The van der Waals surface area contributed by atoms with Gasteiger partial charge in [-0.3, -0.25) is 4.79 Å². The number of carbonyl (C=O) groups excluding carboxylic acids is 1. The van der Waals surface area contributed by atoms with Gasteiger partial charge >= 0.3 is 0 Å². The molecule has 1 amide bonds. The Kier molecular flexibility index (Phi) is 7.62. The van der Waals surface area contributed by atoms with E-state index in [-0.39, 0.29) is 24.1 Å². The van der Waals surface area contributed by atoms with E-state index in [1.165, 1.54) is 19.7 Å². The summed E-state index contributed by atoms with van der Waals surface area (Å²) < 4.78 is 5.88. The zero-order valence-corrected chi connectivity index (χ0v) is 18.4. The second kappa shape index (κ2) is 10.6. The van der Waals surface area contributed by atoms with E-state index in [9.17, 15) is 4.79 Å². The van der Waals surface area contributed by atoms with E-state index >= 15 is 0 Å². The van der Waals surface area contributed by atoms with Crippen molar-refractivity contribution in [1.82, 2.24) is 10.3 Å². The topological polar surface area (TPSA) is 72.8 Å². The molecule has 0 radical (unpaired) electrons. The van der Waals surface area contributed by atoms with E-state index in [4.69, 9.17) is 21.2 Å². The second-order valence-electron chi connectivity index (χ2n) is 6.84. The number of amides is 1. The first kappa shape index (κ1) is 22.3. The third-order valence-electron chi connectivity index (χ3n) is 4.89. The fourth-order valence-electron chi connectivity index (χ4n) is 3.16. The minimum absolute atomic E-state index is 0.154. The normalized spacial score (nSPS) is 12.2. The minimum Gasteiger partial charge on any atom is -0.472 e. The molecule has 31 heavy (non-hydrogen) atoms. The summed E-state index contributed by atoms with van der Waals surface area (Å²) >= 11 is 6.46. The zero-order valence-electron chi connectivity index (χ0n) is 17.6. The predicted molar refractivity (Wildman–Crippen MR) is 122 cm³/mol. The van der Waals surface area contributed by atoms with Gasteiger partial charge in [-0.05, 0) is 22.8 Å². The molecule has 0 aliphatic rings. The van der Waals surface area contributed by atoms with Crippen molar-refractivity contribution in [3.63, 3.8) is 0 Å². The molecule has 0 fully saturated rings. The van der Waals surface area contributed by atoms with Crippen LogP contribution in [0.1, 0.15) is 35.1 Å². The smallest absolute Gasteiger partial charge is 0.273 e. The number of carbonyl (C=O) groups is 1. The van der Waals surface area contributed by atoms with Crippen LogP contribution in [0.15, 0.2) is 72.0 Å². The first-order valence-corrected chi connectivity index (χ1v) is 10.2. The molecule has 1 unspecified atom stereocenters. The number of rotatable bonds is 8. The molecule has 7 heteroatoms. The summed E-state index contributed by atoms with van der Waals surface area (Å²) in [6.45, 7) is 2.27. The number of nitrogens with one attached hydrogen (secondary N) is 1. The maximum Gasteiger partial charge on any atom is 0.273 e. The third kappa shape index (κ3) is 5.41. The summed E-state index contributed by atoms with van der Waals surface area (Å²) in [5, 5.41) is 6.86. The molecule has 0 aliphatic heterocycles. The lowest BCUT2D eigenvalue weighted by Gasteiger charge is -2.15. The molecule has 1 aromatic heterocycles. The number of hydrogen-bond acceptors (Lipinski definition) is 5. The molecule has 3 aromatic rings. The monoisotopic (exact) mass is 437 g/mol. The molecule has 2 aromatic carbocycles. The van der Waals surface area contributed by atoms with Gasteiger partial charge in [-0.25, -0.2) is 4.98 Å². The Hall–Kier alpha value is -3.38. The molecular formula is C24H24ClN3O3. The van der Waals surface area contributed by atoms with E-state index in [0.29, 0.717) is 16.5 Å². The Morgan fingerprint density at radius 3 is 2.52 bits per heavy atom. The van der Waals surface area contributed by atoms with Crippen LogP contribution in [0.25, 0.3) is 0 Å². The number of pyridine rings is 1. The Labute approximate surface area is 186 Å². The Morgan fingerprint density at radius 2 is 1.84 bits per heavy atom. The van der Waals surface area contributed by atoms with Gasteiger partial charge < -0.3 is 14.9 Å².